The first kappa shape index (κ1) is 13.5. The molecule has 100 valence electrons. The second-order valence-corrected chi connectivity index (χ2v) is 4.71. The molecular weight excluding hydrogens is 266 g/mol. The van der Waals surface area contributed by atoms with Crippen molar-refractivity contribution < 1.29 is 4.79 Å². The molecule has 2 aromatic heterocycles. The first-order valence-corrected chi connectivity index (χ1v) is 6.24. The number of carbonyl (C=O) groups is 1. The lowest BCUT2D eigenvalue weighted by Gasteiger charge is -2.08. The smallest absolute Gasteiger partial charge is 0.271 e. The standard InChI is InChI=1S/C12H14ClN5O/c1-7(2)11-16-5-8(13)10(18-11)12(19)17-6-9-14-3-4-15-9/h3-5,7H,6H2,1-2H3,(H,14,15)(H,17,19). The molecule has 2 aromatic rings. The van der Waals surface area contributed by atoms with Gasteiger partial charge in [0.1, 0.15) is 17.3 Å². The summed E-state index contributed by atoms with van der Waals surface area (Å²) in [4.78, 5) is 27.2. The zero-order chi connectivity index (χ0) is 13.8. The Labute approximate surface area is 115 Å². The molecule has 0 aliphatic rings. The Bertz CT molecular complexity index is 568. The van der Waals surface area contributed by atoms with Gasteiger partial charge in [0, 0.05) is 18.3 Å². The number of imidazole rings is 1. The highest BCUT2D eigenvalue weighted by Crippen LogP contribution is 2.16. The minimum absolute atomic E-state index is 0.133. The number of hydrogen-bond donors (Lipinski definition) is 2. The van der Waals surface area contributed by atoms with Gasteiger partial charge in [-0.15, -0.1) is 0 Å². The fourth-order valence-corrected chi connectivity index (χ4v) is 1.64. The van der Waals surface area contributed by atoms with Crippen LogP contribution in [-0.2, 0) is 6.54 Å². The Morgan fingerprint density at radius 3 is 2.89 bits per heavy atom. The number of hydrogen-bond acceptors (Lipinski definition) is 4. The lowest BCUT2D eigenvalue weighted by atomic mass is 10.2. The van der Waals surface area contributed by atoms with E-state index in [0.717, 1.165) is 0 Å². The van der Waals surface area contributed by atoms with E-state index < -0.39 is 0 Å². The number of carbonyl (C=O) groups excluding carboxylic acids is 1. The largest absolute Gasteiger partial charge is 0.347 e. The second kappa shape index (κ2) is 5.79. The van der Waals surface area contributed by atoms with Gasteiger partial charge in [-0.25, -0.2) is 15.0 Å². The molecule has 0 aromatic carbocycles. The maximum absolute atomic E-state index is 12.0. The summed E-state index contributed by atoms with van der Waals surface area (Å²) in [6, 6.07) is 0. The summed E-state index contributed by atoms with van der Waals surface area (Å²) in [6.07, 6.45) is 4.76. The first-order chi connectivity index (χ1) is 9.08. The van der Waals surface area contributed by atoms with Gasteiger partial charge in [-0.2, -0.15) is 0 Å². The molecule has 2 N–H and O–H groups in total. The van der Waals surface area contributed by atoms with Crippen LogP contribution in [0.5, 0.6) is 0 Å². The molecule has 2 rings (SSSR count). The summed E-state index contributed by atoms with van der Waals surface area (Å²) in [7, 11) is 0. The number of rotatable bonds is 4. The zero-order valence-corrected chi connectivity index (χ0v) is 11.4. The molecule has 0 radical (unpaired) electrons. The molecule has 0 bridgehead atoms. The molecule has 1 amide bonds. The molecule has 0 atom stereocenters. The van der Waals surface area contributed by atoms with Crippen LogP contribution in [-0.4, -0.2) is 25.8 Å². The molecule has 19 heavy (non-hydrogen) atoms. The topological polar surface area (TPSA) is 83.6 Å². The minimum atomic E-state index is -0.342. The van der Waals surface area contributed by atoms with E-state index in [1.165, 1.54) is 6.20 Å². The van der Waals surface area contributed by atoms with Crippen molar-refractivity contribution in [2.45, 2.75) is 26.3 Å². The molecule has 7 heteroatoms. The summed E-state index contributed by atoms with van der Waals surface area (Å²) in [6.45, 7) is 4.20. The normalized spacial score (nSPS) is 10.7. The van der Waals surface area contributed by atoms with Gasteiger partial charge in [-0.3, -0.25) is 4.79 Å². The van der Waals surface area contributed by atoms with Gasteiger partial charge in [0.25, 0.3) is 5.91 Å². The van der Waals surface area contributed by atoms with E-state index in [1.807, 2.05) is 13.8 Å². The average molecular weight is 280 g/mol. The van der Waals surface area contributed by atoms with Crippen molar-refractivity contribution in [2.24, 2.45) is 0 Å². The van der Waals surface area contributed by atoms with Crippen molar-refractivity contribution in [3.05, 3.63) is 41.0 Å². The summed E-state index contributed by atoms with van der Waals surface area (Å²) >= 11 is 5.95. The van der Waals surface area contributed by atoms with Crippen LogP contribution < -0.4 is 5.32 Å². The predicted molar refractivity (Wildman–Crippen MR) is 70.9 cm³/mol. The van der Waals surface area contributed by atoms with Crippen LogP contribution in [0.4, 0.5) is 0 Å². The predicted octanol–water partition coefficient (Wildman–Crippen LogP) is 1.91. The Morgan fingerprint density at radius 2 is 2.26 bits per heavy atom. The average Bonchev–Trinajstić information content (AvgIpc) is 2.89. The lowest BCUT2D eigenvalue weighted by Crippen LogP contribution is -2.25. The second-order valence-electron chi connectivity index (χ2n) is 4.30. The quantitative estimate of drug-likeness (QED) is 0.895. The number of nitrogens with one attached hydrogen (secondary N) is 2. The molecule has 6 nitrogen and oxygen atoms in total. The van der Waals surface area contributed by atoms with E-state index >= 15 is 0 Å². The van der Waals surface area contributed by atoms with Gasteiger partial charge in [0.2, 0.25) is 0 Å². The van der Waals surface area contributed by atoms with Crippen molar-refractivity contribution in [3.8, 4) is 0 Å². The molecule has 0 aliphatic heterocycles. The Balaban J connectivity index is 2.11. The third-order valence-corrected chi connectivity index (χ3v) is 2.74. The maximum atomic E-state index is 12.0. The van der Waals surface area contributed by atoms with Gasteiger partial charge in [0.15, 0.2) is 0 Å². The third kappa shape index (κ3) is 3.29. The van der Waals surface area contributed by atoms with Crippen molar-refractivity contribution >= 4 is 17.5 Å². The van der Waals surface area contributed by atoms with E-state index in [9.17, 15) is 4.79 Å². The van der Waals surface area contributed by atoms with Crippen LogP contribution in [0.15, 0.2) is 18.6 Å². The Morgan fingerprint density at radius 1 is 1.47 bits per heavy atom. The number of aromatic amines is 1. The third-order valence-electron chi connectivity index (χ3n) is 2.47. The van der Waals surface area contributed by atoms with Crippen LogP contribution in [0.25, 0.3) is 0 Å². The van der Waals surface area contributed by atoms with Crippen molar-refractivity contribution in [1.29, 1.82) is 0 Å². The maximum Gasteiger partial charge on any atom is 0.271 e. The molecule has 0 fully saturated rings. The van der Waals surface area contributed by atoms with Crippen molar-refractivity contribution in [3.63, 3.8) is 0 Å². The van der Waals surface area contributed by atoms with E-state index in [1.54, 1.807) is 12.4 Å². The molecule has 2 heterocycles. The van der Waals surface area contributed by atoms with Crippen molar-refractivity contribution in [2.75, 3.05) is 0 Å². The number of aromatic nitrogens is 4. The van der Waals surface area contributed by atoms with Crippen LogP contribution in [0.1, 0.15) is 41.9 Å². The molecule has 0 saturated heterocycles. The van der Waals surface area contributed by atoms with Gasteiger partial charge in [-0.05, 0) is 0 Å². The van der Waals surface area contributed by atoms with Gasteiger partial charge >= 0.3 is 0 Å². The highest BCUT2D eigenvalue weighted by molar-refractivity contribution is 6.33. The monoisotopic (exact) mass is 279 g/mol. The van der Waals surface area contributed by atoms with Crippen LogP contribution in [0.2, 0.25) is 5.02 Å². The van der Waals surface area contributed by atoms with E-state index in [2.05, 4.69) is 25.3 Å². The van der Waals surface area contributed by atoms with Crippen LogP contribution in [0.3, 0.4) is 0 Å². The Hall–Kier alpha value is -1.95. The summed E-state index contributed by atoms with van der Waals surface area (Å²) in [5.74, 6) is 1.05. The highest BCUT2D eigenvalue weighted by Gasteiger charge is 2.15. The van der Waals surface area contributed by atoms with E-state index in [-0.39, 0.29) is 22.5 Å². The molecule has 0 aliphatic carbocycles. The van der Waals surface area contributed by atoms with Crippen molar-refractivity contribution in [1.82, 2.24) is 25.3 Å². The van der Waals surface area contributed by atoms with Crippen LogP contribution >= 0.6 is 11.6 Å². The minimum Gasteiger partial charge on any atom is -0.347 e. The number of nitrogens with zero attached hydrogens (tertiary/aromatic N) is 3. The van der Waals surface area contributed by atoms with Gasteiger partial charge in [0.05, 0.1) is 17.8 Å². The number of halogens is 1. The zero-order valence-electron chi connectivity index (χ0n) is 10.6. The summed E-state index contributed by atoms with van der Waals surface area (Å²) < 4.78 is 0. The molecule has 0 spiro atoms. The Kier molecular flexibility index (Phi) is 4.11. The fourth-order valence-electron chi connectivity index (χ4n) is 1.46. The SMILES string of the molecule is CC(C)c1ncc(Cl)c(C(=O)NCc2ncc[nH]2)n1. The molecule has 0 unspecified atom stereocenters. The van der Waals surface area contributed by atoms with E-state index in [0.29, 0.717) is 18.2 Å². The number of H-pyrrole nitrogens is 1. The summed E-state index contributed by atoms with van der Waals surface area (Å²) in [5.41, 5.74) is 0.187. The number of amides is 1. The molecular formula is C12H14ClN5O. The lowest BCUT2D eigenvalue weighted by molar-refractivity contribution is 0.0944. The van der Waals surface area contributed by atoms with Gasteiger partial charge in [-0.1, -0.05) is 25.4 Å². The highest BCUT2D eigenvalue weighted by atomic mass is 35.5. The fraction of sp³-hybridized carbons (Fsp3) is 0.333. The van der Waals surface area contributed by atoms with Gasteiger partial charge < -0.3 is 10.3 Å². The summed E-state index contributed by atoms with van der Waals surface area (Å²) in [5, 5.41) is 2.94. The van der Waals surface area contributed by atoms with Crippen LogP contribution in [0, 0.1) is 0 Å². The van der Waals surface area contributed by atoms with E-state index in [4.69, 9.17) is 11.6 Å². The molecule has 0 saturated carbocycles. The first-order valence-electron chi connectivity index (χ1n) is 5.87.